The summed E-state index contributed by atoms with van der Waals surface area (Å²) in [5, 5.41) is 11.9. The largest absolute Gasteiger partial charge is 0.384 e. The molecule has 1 aliphatic heterocycles. The van der Waals surface area contributed by atoms with Gasteiger partial charge in [-0.15, -0.1) is 0 Å². The molecule has 1 saturated carbocycles. The number of hydrogen-bond acceptors (Lipinski definition) is 3. The van der Waals surface area contributed by atoms with E-state index in [0.29, 0.717) is 5.92 Å². The number of rotatable bonds is 6. The highest BCUT2D eigenvalue weighted by molar-refractivity contribution is 5.24. The molecular formula is C25H34N2O. The van der Waals surface area contributed by atoms with E-state index >= 15 is 0 Å². The van der Waals surface area contributed by atoms with Crippen LogP contribution in [0.2, 0.25) is 0 Å². The van der Waals surface area contributed by atoms with Gasteiger partial charge in [0.2, 0.25) is 0 Å². The molecule has 150 valence electrons. The fraction of sp³-hybridized carbons (Fsp3) is 0.520. The van der Waals surface area contributed by atoms with Crippen molar-refractivity contribution in [1.82, 2.24) is 9.80 Å². The van der Waals surface area contributed by atoms with E-state index in [1.165, 1.54) is 24.8 Å². The first-order valence-electron chi connectivity index (χ1n) is 11.0. The standard InChI is InChI=1S/C25H34N2O/c28-25(23-12-6-2-7-13-23,24-14-8-3-9-15-24)21-27-18-16-26(17-19-27)20-22-10-4-1-5-11-22/h1-2,4-7,10-13,24,28H,3,8-9,14-21H2. The highest BCUT2D eigenvalue weighted by atomic mass is 16.3. The van der Waals surface area contributed by atoms with E-state index in [1.807, 2.05) is 6.07 Å². The molecule has 4 rings (SSSR count). The molecule has 1 atom stereocenters. The first-order chi connectivity index (χ1) is 13.7. The van der Waals surface area contributed by atoms with E-state index in [9.17, 15) is 5.11 Å². The third-order valence-corrected chi connectivity index (χ3v) is 6.73. The van der Waals surface area contributed by atoms with Gasteiger partial charge in [0.1, 0.15) is 5.60 Å². The summed E-state index contributed by atoms with van der Waals surface area (Å²) < 4.78 is 0. The van der Waals surface area contributed by atoms with Crippen molar-refractivity contribution >= 4 is 0 Å². The third kappa shape index (κ3) is 4.65. The van der Waals surface area contributed by atoms with Crippen LogP contribution in [0.25, 0.3) is 0 Å². The minimum absolute atomic E-state index is 0.381. The van der Waals surface area contributed by atoms with Crippen molar-refractivity contribution in [1.29, 1.82) is 0 Å². The zero-order chi connectivity index (χ0) is 19.2. The van der Waals surface area contributed by atoms with Gasteiger partial charge in [0.15, 0.2) is 0 Å². The maximum atomic E-state index is 11.9. The lowest BCUT2D eigenvalue weighted by atomic mass is 9.73. The molecule has 1 N–H and O–H groups in total. The summed E-state index contributed by atoms with van der Waals surface area (Å²) in [6, 6.07) is 21.2. The molecule has 0 spiro atoms. The van der Waals surface area contributed by atoms with Crippen molar-refractivity contribution < 1.29 is 5.11 Å². The molecule has 1 saturated heterocycles. The van der Waals surface area contributed by atoms with E-state index in [0.717, 1.165) is 57.7 Å². The molecule has 3 heteroatoms. The van der Waals surface area contributed by atoms with Gasteiger partial charge in [0, 0.05) is 39.3 Å². The number of piperazine rings is 1. The van der Waals surface area contributed by atoms with Crippen molar-refractivity contribution in [3.8, 4) is 0 Å². The van der Waals surface area contributed by atoms with Gasteiger partial charge in [-0.3, -0.25) is 9.80 Å². The van der Waals surface area contributed by atoms with Gasteiger partial charge in [0.25, 0.3) is 0 Å². The van der Waals surface area contributed by atoms with Crippen LogP contribution < -0.4 is 0 Å². The fourth-order valence-corrected chi connectivity index (χ4v) is 5.05. The van der Waals surface area contributed by atoms with Crippen molar-refractivity contribution in [2.75, 3.05) is 32.7 Å². The predicted octanol–water partition coefficient (Wildman–Crippen LogP) is 4.27. The molecule has 1 unspecified atom stereocenters. The number of hydrogen-bond donors (Lipinski definition) is 1. The summed E-state index contributed by atoms with van der Waals surface area (Å²) in [5.41, 5.74) is 1.77. The van der Waals surface area contributed by atoms with Gasteiger partial charge in [-0.1, -0.05) is 79.9 Å². The molecule has 1 heterocycles. The van der Waals surface area contributed by atoms with Crippen LogP contribution in [0.4, 0.5) is 0 Å². The topological polar surface area (TPSA) is 26.7 Å². The Morgan fingerprint density at radius 2 is 1.32 bits per heavy atom. The Morgan fingerprint density at radius 1 is 0.750 bits per heavy atom. The van der Waals surface area contributed by atoms with Crippen LogP contribution in [0.1, 0.15) is 43.2 Å². The summed E-state index contributed by atoms with van der Waals surface area (Å²) in [5.74, 6) is 0.381. The number of aliphatic hydroxyl groups is 1. The lowest BCUT2D eigenvalue weighted by Gasteiger charge is -2.44. The van der Waals surface area contributed by atoms with Crippen LogP contribution in [0, 0.1) is 5.92 Å². The molecule has 1 aliphatic carbocycles. The molecule has 0 bridgehead atoms. The first-order valence-corrected chi connectivity index (χ1v) is 11.0. The maximum absolute atomic E-state index is 11.9. The Morgan fingerprint density at radius 3 is 1.96 bits per heavy atom. The predicted molar refractivity (Wildman–Crippen MR) is 115 cm³/mol. The Kier molecular flexibility index (Phi) is 6.46. The molecule has 3 nitrogen and oxygen atoms in total. The number of nitrogens with zero attached hydrogens (tertiary/aromatic N) is 2. The lowest BCUT2D eigenvalue weighted by Crippen LogP contribution is -2.53. The molecule has 0 aromatic heterocycles. The van der Waals surface area contributed by atoms with E-state index in [1.54, 1.807) is 0 Å². The number of β-amino-alcohol motifs (C(OH)–C–C–N with tert-alkyl or cyclic N) is 1. The van der Waals surface area contributed by atoms with E-state index in [2.05, 4.69) is 64.4 Å². The second-order valence-corrected chi connectivity index (χ2v) is 8.66. The van der Waals surface area contributed by atoms with E-state index in [-0.39, 0.29) is 0 Å². The summed E-state index contributed by atoms with van der Waals surface area (Å²) in [7, 11) is 0. The molecule has 0 radical (unpaired) electrons. The minimum atomic E-state index is -0.719. The van der Waals surface area contributed by atoms with Crippen LogP contribution >= 0.6 is 0 Å². The van der Waals surface area contributed by atoms with Gasteiger partial charge in [-0.2, -0.15) is 0 Å². The van der Waals surface area contributed by atoms with Crippen LogP contribution in [-0.2, 0) is 12.1 Å². The van der Waals surface area contributed by atoms with Crippen molar-refractivity contribution in [2.24, 2.45) is 5.92 Å². The van der Waals surface area contributed by atoms with Crippen LogP contribution in [-0.4, -0.2) is 47.6 Å². The Bertz CT molecular complexity index is 706. The van der Waals surface area contributed by atoms with Crippen LogP contribution in [0.3, 0.4) is 0 Å². The summed E-state index contributed by atoms with van der Waals surface area (Å²) in [4.78, 5) is 5.02. The average molecular weight is 379 g/mol. The lowest BCUT2D eigenvalue weighted by molar-refractivity contribution is -0.0707. The molecule has 0 amide bonds. The second-order valence-electron chi connectivity index (χ2n) is 8.66. The average Bonchev–Trinajstić information content (AvgIpc) is 2.77. The summed E-state index contributed by atoms with van der Waals surface area (Å²) in [6.07, 6.45) is 6.13. The SMILES string of the molecule is OC(CN1CCN(Cc2ccccc2)CC1)(c1ccccc1)C1CCCCC1. The number of benzene rings is 2. The summed E-state index contributed by atoms with van der Waals surface area (Å²) >= 11 is 0. The Balaban J connectivity index is 1.40. The fourth-order valence-electron chi connectivity index (χ4n) is 5.05. The van der Waals surface area contributed by atoms with Crippen molar-refractivity contribution in [2.45, 2.75) is 44.2 Å². The molecule has 28 heavy (non-hydrogen) atoms. The third-order valence-electron chi connectivity index (χ3n) is 6.73. The smallest absolute Gasteiger partial charge is 0.105 e. The van der Waals surface area contributed by atoms with Gasteiger partial charge >= 0.3 is 0 Å². The normalized spacial score (nSPS) is 22.0. The molecule has 2 aromatic carbocycles. The van der Waals surface area contributed by atoms with E-state index < -0.39 is 5.60 Å². The molecule has 2 aliphatic rings. The summed E-state index contributed by atoms with van der Waals surface area (Å²) in [6.45, 7) is 6.01. The first kappa shape index (κ1) is 19.6. The van der Waals surface area contributed by atoms with Crippen molar-refractivity contribution in [3.05, 3.63) is 71.8 Å². The zero-order valence-corrected chi connectivity index (χ0v) is 17.0. The van der Waals surface area contributed by atoms with E-state index in [4.69, 9.17) is 0 Å². The monoisotopic (exact) mass is 378 g/mol. The van der Waals surface area contributed by atoms with Crippen molar-refractivity contribution in [3.63, 3.8) is 0 Å². The zero-order valence-electron chi connectivity index (χ0n) is 17.0. The molecular weight excluding hydrogens is 344 g/mol. The Labute approximate surface area is 170 Å². The van der Waals surface area contributed by atoms with Gasteiger partial charge in [-0.25, -0.2) is 0 Å². The maximum Gasteiger partial charge on any atom is 0.105 e. The van der Waals surface area contributed by atoms with Crippen LogP contribution in [0.5, 0.6) is 0 Å². The van der Waals surface area contributed by atoms with Crippen LogP contribution in [0.15, 0.2) is 60.7 Å². The second kappa shape index (κ2) is 9.21. The Hall–Kier alpha value is -1.68. The molecule has 2 fully saturated rings. The molecule has 2 aromatic rings. The van der Waals surface area contributed by atoms with Gasteiger partial charge in [0.05, 0.1) is 0 Å². The highest BCUT2D eigenvalue weighted by Gasteiger charge is 2.40. The van der Waals surface area contributed by atoms with Gasteiger partial charge < -0.3 is 5.11 Å². The highest BCUT2D eigenvalue weighted by Crippen LogP contribution is 2.40. The minimum Gasteiger partial charge on any atom is -0.384 e. The van der Waals surface area contributed by atoms with Gasteiger partial charge in [-0.05, 0) is 29.9 Å². The quantitative estimate of drug-likeness (QED) is 0.813.